The first-order chi connectivity index (χ1) is 7.75. The lowest BCUT2D eigenvalue weighted by molar-refractivity contribution is -0.123. The number of amides is 2. The summed E-state index contributed by atoms with van der Waals surface area (Å²) in [5.41, 5.74) is 1.93. The zero-order chi connectivity index (χ0) is 11.1. The fourth-order valence-corrected chi connectivity index (χ4v) is 1.84. The lowest BCUT2D eigenvalue weighted by Gasteiger charge is -1.96. The van der Waals surface area contributed by atoms with Crippen LogP contribution in [0, 0.1) is 6.08 Å². The molecule has 0 bridgehead atoms. The highest BCUT2D eigenvalue weighted by atomic mass is 16.2. The molecule has 3 rings (SSSR count). The molecule has 0 saturated carbocycles. The fourth-order valence-electron chi connectivity index (χ4n) is 1.84. The first-order valence-corrected chi connectivity index (χ1v) is 4.81. The molecule has 4 heteroatoms. The van der Waals surface area contributed by atoms with Gasteiger partial charge in [-0.3, -0.25) is 14.9 Å². The second-order valence-corrected chi connectivity index (χ2v) is 3.53. The van der Waals surface area contributed by atoms with Crippen LogP contribution in [0.3, 0.4) is 0 Å². The number of hydrogen-bond acceptors (Lipinski definition) is 2. The van der Waals surface area contributed by atoms with Crippen LogP contribution in [-0.2, 0) is 9.59 Å². The van der Waals surface area contributed by atoms with Crippen molar-refractivity contribution in [3.05, 3.63) is 42.1 Å². The monoisotopic (exact) mass is 211 g/mol. The van der Waals surface area contributed by atoms with Crippen molar-refractivity contribution < 1.29 is 9.59 Å². The van der Waals surface area contributed by atoms with Gasteiger partial charge in [0.25, 0.3) is 11.8 Å². The molecule has 1 radical (unpaired) electrons. The lowest BCUT2D eigenvalue weighted by Crippen LogP contribution is -2.21. The van der Waals surface area contributed by atoms with Crippen molar-refractivity contribution in [3.63, 3.8) is 0 Å². The zero-order valence-corrected chi connectivity index (χ0v) is 8.20. The highest BCUT2D eigenvalue weighted by molar-refractivity contribution is 6.33. The molecule has 1 aromatic carbocycles. The number of fused-ring (bicyclic) bond motifs is 1. The minimum absolute atomic E-state index is 0.294. The van der Waals surface area contributed by atoms with E-state index in [1.165, 1.54) is 0 Å². The number of hydrogen-bond donors (Lipinski definition) is 2. The Morgan fingerprint density at radius 2 is 1.94 bits per heavy atom. The molecule has 0 atom stereocenters. The summed E-state index contributed by atoms with van der Waals surface area (Å²) in [6.07, 6.45) is 4.21. The lowest BCUT2D eigenvalue weighted by atomic mass is 10.1. The van der Waals surface area contributed by atoms with E-state index in [0.717, 1.165) is 10.9 Å². The molecular weight excluding hydrogens is 204 g/mol. The summed E-state index contributed by atoms with van der Waals surface area (Å²) < 4.78 is 0. The summed E-state index contributed by atoms with van der Waals surface area (Å²) in [6, 6.07) is 7.59. The van der Waals surface area contributed by atoms with Crippen molar-refractivity contribution in [1.82, 2.24) is 10.3 Å². The summed E-state index contributed by atoms with van der Waals surface area (Å²) in [4.78, 5) is 25.6. The van der Waals surface area contributed by atoms with E-state index in [9.17, 15) is 9.59 Å². The third-order valence-electron chi connectivity index (χ3n) is 2.55. The largest absolute Gasteiger partial charge is 0.361 e. The molecular formula is C12H7N2O2. The average Bonchev–Trinajstić information content (AvgIpc) is 2.81. The van der Waals surface area contributed by atoms with Crippen LogP contribution in [-0.4, -0.2) is 16.8 Å². The third kappa shape index (κ3) is 1.16. The molecule has 2 heterocycles. The summed E-state index contributed by atoms with van der Waals surface area (Å²) in [5.74, 6) is -0.875. The summed E-state index contributed by atoms with van der Waals surface area (Å²) in [5, 5.41) is 3.09. The van der Waals surface area contributed by atoms with Crippen molar-refractivity contribution in [2.24, 2.45) is 0 Å². The first-order valence-electron chi connectivity index (χ1n) is 4.81. The van der Waals surface area contributed by atoms with Gasteiger partial charge in [0, 0.05) is 22.7 Å². The minimum Gasteiger partial charge on any atom is -0.361 e. The zero-order valence-electron chi connectivity index (χ0n) is 8.20. The van der Waals surface area contributed by atoms with Gasteiger partial charge in [-0.1, -0.05) is 18.2 Å². The molecule has 0 unspecified atom stereocenters. The molecule has 0 spiro atoms. The summed E-state index contributed by atoms with van der Waals surface area (Å²) in [6.45, 7) is 0. The molecule has 2 aromatic rings. The molecule has 1 aliphatic rings. The van der Waals surface area contributed by atoms with Gasteiger partial charge in [-0.15, -0.1) is 0 Å². The Morgan fingerprint density at radius 3 is 2.69 bits per heavy atom. The topological polar surface area (TPSA) is 62.0 Å². The highest BCUT2D eigenvalue weighted by Gasteiger charge is 2.24. The van der Waals surface area contributed by atoms with E-state index in [1.807, 2.05) is 24.3 Å². The smallest absolute Gasteiger partial charge is 0.259 e. The SMILES string of the molecule is O=C1[C]=C(c2c[nH]c3ccccc23)C(=O)N1. The normalized spacial score (nSPS) is 15.4. The van der Waals surface area contributed by atoms with Crippen molar-refractivity contribution in [2.45, 2.75) is 0 Å². The maximum absolute atomic E-state index is 11.5. The Kier molecular flexibility index (Phi) is 1.71. The molecule has 0 fully saturated rings. The third-order valence-corrected chi connectivity index (χ3v) is 2.55. The van der Waals surface area contributed by atoms with Crippen LogP contribution in [0.15, 0.2) is 30.5 Å². The van der Waals surface area contributed by atoms with Gasteiger partial charge < -0.3 is 4.98 Å². The maximum Gasteiger partial charge on any atom is 0.259 e. The van der Waals surface area contributed by atoms with Crippen LogP contribution in [0.4, 0.5) is 0 Å². The molecule has 4 nitrogen and oxygen atoms in total. The Balaban J connectivity index is 2.24. The minimum atomic E-state index is -0.481. The van der Waals surface area contributed by atoms with E-state index >= 15 is 0 Å². The number of para-hydroxylation sites is 1. The van der Waals surface area contributed by atoms with Gasteiger partial charge in [0.2, 0.25) is 0 Å². The number of aromatic nitrogens is 1. The molecule has 16 heavy (non-hydrogen) atoms. The number of imide groups is 1. The summed E-state index contributed by atoms with van der Waals surface area (Å²) >= 11 is 0. The van der Waals surface area contributed by atoms with Gasteiger partial charge in [0.05, 0.1) is 11.6 Å². The van der Waals surface area contributed by atoms with E-state index in [2.05, 4.69) is 16.4 Å². The van der Waals surface area contributed by atoms with Crippen LogP contribution in [0.1, 0.15) is 5.56 Å². The molecule has 2 N–H and O–H groups in total. The summed E-state index contributed by atoms with van der Waals surface area (Å²) in [7, 11) is 0. The molecule has 1 aromatic heterocycles. The second-order valence-electron chi connectivity index (χ2n) is 3.53. The van der Waals surface area contributed by atoms with Gasteiger partial charge in [-0.25, -0.2) is 0 Å². The number of carbonyl (C=O) groups is 2. The van der Waals surface area contributed by atoms with Gasteiger partial charge >= 0.3 is 0 Å². The number of rotatable bonds is 1. The number of carbonyl (C=O) groups excluding carboxylic acids is 2. The van der Waals surface area contributed by atoms with E-state index < -0.39 is 11.8 Å². The second kappa shape index (κ2) is 3.06. The van der Waals surface area contributed by atoms with Crippen LogP contribution in [0.2, 0.25) is 0 Å². The Hall–Kier alpha value is -2.36. The van der Waals surface area contributed by atoms with E-state index in [1.54, 1.807) is 6.20 Å². The van der Waals surface area contributed by atoms with Gasteiger partial charge in [0.15, 0.2) is 0 Å². The van der Waals surface area contributed by atoms with Crippen molar-refractivity contribution >= 4 is 28.3 Å². The van der Waals surface area contributed by atoms with Gasteiger partial charge in [-0.2, -0.15) is 0 Å². The average molecular weight is 211 g/mol. The number of benzene rings is 1. The number of aromatic amines is 1. The van der Waals surface area contributed by atoms with Gasteiger partial charge in [-0.05, 0) is 6.07 Å². The maximum atomic E-state index is 11.5. The van der Waals surface area contributed by atoms with Crippen molar-refractivity contribution in [1.29, 1.82) is 0 Å². The predicted octanol–water partition coefficient (Wildman–Crippen LogP) is 1.01. The molecule has 2 amide bonds. The van der Waals surface area contributed by atoms with E-state index in [-0.39, 0.29) is 0 Å². The van der Waals surface area contributed by atoms with Crippen LogP contribution in [0.25, 0.3) is 16.5 Å². The van der Waals surface area contributed by atoms with Crippen molar-refractivity contribution in [2.75, 3.05) is 0 Å². The molecule has 77 valence electrons. The molecule has 0 aliphatic carbocycles. The quantitative estimate of drug-likeness (QED) is 0.691. The molecule has 0 saturated heterocycles. The Labute approximate surface area is 91.0 Å². The molecule has 1 aliphatic heterocycles. The predicted molar refractivity (Wildman–Crippen MR) is 58.1 cm³/mol. The van der Waals surface area contributed by atoms with Crippen LogP contribution < -0.4 is 5.32 Å². The number of nitrogens with one attached hydrogen (secondary N) is 2. The Bertz CT molecular complexity index is 637. The fraction of sp³-hybridized carbons (Fsp3) is 0. The van der Waals surface area contributed by atoms with Crippen LogP contribution >= 0.6 is 0 Å². The van der Waals surface area contributed by atoms with Gasteiger partial charge in [0.1, 0.15) is 0 Å². The number of H-pyrrole nitrogens is 1. The van der Waals surface area contributed by atoms with Crippen molar-refractivity contribution in [3.8, 4) is 0 Å². The standard InChI is InChI=1S/C12H7N2O2/c15-11-5-8(12(16)14-11)9-6-13-10-4-2-1-3-7(9)10/h1-4,6,13H,(H,14,15,16). The van der Waals surface area contributed by atoms with E-state index in [4.69, 9.17) is 0 Å². The van der Waals surface area contributed by atoms with Crippen LogP contribution in [0.5, 0.6) is 0 Å². The highest BCUT2D eigenvalue weighted by Crippen LogP contribution is 2.26. The first kappa shape index (κ1) is 8.91. The van der Waals surface area contributed by atoms with E-state index in [0.29, 0.717) is 11.1 Å². The Morgan fingerprint density at radius 1 is 1.12 bits per heavy atom.